The zero-order valence-corrected chi connectivity index (χ0v) is 43.0. The number of carbonyl (C=O) groups is 1. The number of aliphatic hydroxyl groups excluding tert-OH is 2. The first-order valence-corrected chi connectivity index (χ1v) is 27.2. The van der Waals surface area contributed by atoms with Crippen molar-refractivity contribution in [2.24, 2.45) is 22.9 Å². The van der Waals surface area contributed by atoms with Crippen molar-refractivity contribution in [3.63, 3.8) is 0 Å². The van der Waals surface area contributed by atoms with Crippen molar-refractivity contribution in [1.29, 1.82) is 0 Å². The number of nitro groups is 1. The molecule has 2 aliphatic carbocycles. The minimum Gasteiger partial charge on any atom is -0.492 e. The van der Waals surface area contributed by atoms with Crippen LogP contribution in [-0.2, 0) is 27.5 Å². The Labute approximate surface area is 431 Å². The number of benzene rings is 3. The number of nitrogens with zero attached hydrogens (tertiary/aromatic N) is 4. The number of non-ortho nitro benzene ring substituents is 1. The van der Waals surface area contributed by atoms with Gasteiger partial charge in [-0.1, -0.05) is 94.5 Å². The van der Waals surface area contributed by atoms with E-state index in [1.807, 2.05) is 35.2 Å². The number of hydrogen-bond donors (Lipinski definition) is 2. The number of nitro benzene ring substituents is 1. The molecule has 1 amide bonds. The van der Waals surface area contributed by atoms with Gasteiger partial charge in [-0.05, 0) is 103 Å². The maximum Gasteiger partial charge on any atom is 0.269 e. The molecular formula is C58H78N4O11. The fraction of sp³-hybridized carbons (Fsp3) is 0.586. The number of allylic oxidation sites excluding steroid dienone is 1. The summed E-state index contributed by atoms with van der Waals surface area (Å²) in [5.41, 5.74) is 4.16. The number of amides is 1. The SMILES string of the molecule is C=CCOC12Oc3ccc(OCCN4CC4)cc3C3C(CCCCO)C(CCCCO)C=C(C(=NOCc4ccc([N+](=O)[O-])cc4)CC1N(Cc1ccc4c(c1)OCO4)C(=O)CCCCCCCCCCC)C32. The molecule has 3 aromatic carbocycles. The maximum atomic E-state index is 15.4. The van der Waals surface area contributed by atoms with E-state index in [1.54, 1.807) is 18.2 Å². The molecule has 73 heavy (non-hydrogen) atoms. The van der Waals surface area contributed by atoms with Crippen LogP contribution < -0.4 is 18.9 Å². The predicted molar refractivity (Wildman–Crippen MR) is 280 cm³/mol. The summed E-state index contributed by atoms with van der Waals surface area (Å²) in [5, 5.41) is 36.7. The molecule has 1 saturated carbocycles. The lowest BCUT2D eigenvalue weighted by Crippen LogP contribution is -2.70. The van der Waals surface area contributed by atoms with Gasteiger partial charge < -0.3 is 43.6 Å². The highest BCUT2D eigenvalue weighted by Crippen LogP contribution is 2.62. The smallest absolute Gasteiger partial charge is 0.269 e. The van der Waals surface area contributed by atoms with Crippen LogP contribution in [0.1, 0.15) is 139 Å². The second kappa shape index (κ2) is 26.6. The van der Waals surface area contributed by atoms with Crippen LogP contribution in [0.2, 0.25) is 0 Å². The van der Waals surface area contributed by atoms with Crippen molar-refractivity contribution in [1.82, 2.24) is 9.80 Å². The van der Waals surface area contributed by atoms with Gasteiger partial charge in [-0.2, -0.15) is 0 Å². The molecule has 6 atom stereocenters. The van der Waals surface area contributed by atoms with Crippen LogP contribution >= 0.6 is 0 Å². The van der Waals surface area contributed by atoms with Gasteiger partial charge in [-0.3, -0.25) is 19.8 Å². The van der Waals surface area contributed by atoms with Crippen molar-refractivity contribution in [2.75, 3.05) is 52.9 Å². The summed E-state index contributed by atoms with van der Waals surface area (Å²) in [6.45, 7) is 10.6. The minimum atomic E-state index is -1.44. The fourth-order valence-electron chi connectivity index (χ4n) is 11.6. The zero-order valence-electron chi connectivity index (χ0n) is 43.0. The van der Waals surface area contributed by atoms with Gasteiger partial charge in [0.1, 0.15) is 30.8 Å². The quantitative estimate of drug-likeness (QED) is 0.0199. The summed E-state index contributed by atoms with van der Waals surface area (Å²) in [6, 6.07) is 17.5. The second-order valence-electron chi connectivity index (χ2n) is 20.4. The molecule has 15 heteroatoms. The third-order valence-electron chi connectivity index (χ3n) is 15.4. The van der Waals surface area contributed by atoms with Gasteiger partial charge in [0.05, 0.1) is 23.2 Å². The van der Waals surface area contributed by atoms with Crippen molar-refractivity contribution in [3.05, 3.63) is 112 Å². The van der Waals surface area contributed by atoms with E-state index in [0.29, 0.717) is 54.4 Å². The number of rotatable bonds is 32. The van der Waals surface area contributed by atoms with Crippen LogP contribution in [0.4, 0.5) is 5.69 Å². The largest absolute Gasteiger partial charge is 0.492 e. The van der Waals surface area contributed by atoms with Gasteiger partial charge in [0, 0.05) is 75.8 Å². The van der Waals surface area contributed by atoms with Crippen molar-refractivity contribution in [2.45, 2.75) is 147 Å². The first-order chi connectivity index (χ1) is 35.8. The van der Waals surface area contributed by atoms with Crippen LogP contribution in [0.3, 0.4) is 0 Å². The van der Waals surface area contributed by atoms with E-state index in [-0.39, 0.29) is 75.5 Å². The molecule has 396 valence electrons. The van der Waals surface area contributed by atoms with E-state index in [2.05, 4.69) is 30.5 Å². The molecule has 1 saturated heterocycles. The molecule has 0 bridgehead atoms. The van der Waals surface area contributed by atoms with Crippen LogP contribution in [0.25, 0.3) is 0 Å². The first-order valence-electron chi connectivity index (χ1n) is 27.2. The van der Waals surface area contributed by atoms with E-state index >= 15 is 4.79 Å². The highest BCUT2D eigenvalue weighted by Gasteiger charge is 2.65. The number of hydrogen-bond acceptors (Lipinski definition) is 13. The molecule has 3 aromatic rings. The summed E-state index contributed by atoms with van der Waals surface area (Å²) in [5.74, 6) is 0.605. The van der Waals surface area contributed by atoms with Crippen LogP contribution in [0, 0.1) is 27.9 Å². The Kier molecular flexibility index (Phi) is 19.6. The molecule has 2 fully saturated rings. The fourth-order valence-corrected chi connectivity index (χ4v) is 11.6. The number of fused-ring (bicyclic) bond motifs is 3. The summed E-state index contributed by atoms with van der Waals surface area (Å²) in [4.78, 5) is 37.1. The third-order valence-corrected chi connectivity index (χ3v) is 15.4. The molecule has 15 nitrogen and oxygen atoms in total. The van der Waals surface area contributed by atoms with Crippen LogP contribution in [0.5, 0.6) is 23.0 Å². The molecule has 5 aliphatic rings. The lowest BCUT2D eigenvalue weighted by atomic mass is 9.55. The Morgan fingerprint density at radius 3 is 2.33 bits per heavy atom. The maximum absolute atomic E-state index is 15.4. The normalized spacial score (nSPS) is 23.0. The van der Waals surface area contributed by atoms with E-state index in [0.717, 1.165) is 93.5 Å². The van der Waals surface area contributed by atoms with Gasteiger partial charge in [-0.15, -0.1) is 6.58 Å². The summed E-state index contributed by atoms with van der Waals surface area (Å²) < 4.78 is 32.9. The molecule has 6 unspecified atom stereocenters. The molecule has 2 N–H and O–H groups in total. The monoisotopic (exact) mass is 1010 g/mol. The third kappa shape index (κ3) is 13.6. The zero-order chi connectivity index (χ0) is 51.0. The standard InChI is InChI=1S/C58H78N4O11/c1-3-5-6-7-8-9-10-11-12-19-55(65)61(39-43-22-26-52-53(35-43)70-41-69-52)54-38-50(59-72-40-42-20-23-45(24-21-42)62(66)67)48-36-44(17-13-15-31-63)47(18-14-16-32-64)56-49-37-46(68-34-30-60-28-29-60)25-27-51(49)73-58(54,57(48)56)71-33-4-2/h4,20-27,35-37,44,47,54,56-57,63-64H,2-3,5-19,28-34,38-41H2,1H3. The van der Waals surface area contributed by atoms with Crippen LogP contribution in [0.15, 0.2) is 90.1 Å². The van der Waals surface area contributed by atoms with E-state index < -0.39 is 22.7 Å². The molecule has 8 rings (SSSR count). The number of unbranched alkanes of at least 4 members (excludes halogenated alkanes) is 10. The highest BCUT2D eigenvalue weighted by molar-refractivity contribution is 6.03. The lowest BCUT2D eigenvalue weighted by molar-refractivity contribution is -0.384. The summed E-state index contributed by atoms with van der Waals surface area (Å²) >= 11 is 0. The Morgan fingerprint density at radius 2 is 1.60 bits per heavy atom. The highest BCUT2D eigenvalue weighted by atomic mass is 16.7. The van der Waals surface area contributed by atoms with Crippen molar-refractivity contribution in [3.8, 4) is 23.0 Å². The Hall–Kier alpha value is -5.48. The van der Waals surface area contributed by atoms with Gasteiger partial charge >= 0.3 is 0 Å². The van der Waals surface area contributed by atoms with Gasteiger partial charge in [0.2, 0.25) is 18.5 Å². The Balaban J connectivity index is 1.25. The first kappa shape index (κ1) is 53.8. The number of carbonyl (C=O) groups excluding carboxylic acids is 1. The van der Waals surface area contributed by atoms with Crippen LogP contribution in [-0.4, -0.2) is 101 Å². The Bertz CT molecular complexity index is 2350. The molecule has 0 spiro atoms. The molecule has 0 aromatic heterocycles. The molecule has 0 radical (unpaired) electrons. The summed E-state index contributed by atoms with van der Waals surface area (Å²) in [6.07, 6.45) is 19.3. The van der Waals surface area contributed by atoms with Gasteiger partial charge in [0.15, 0.2) is 11.5 Å². The second-order valence-corrected chi connectivity index (χ2v) is 20.4. The number of aliphatic hydroxyl groups is 2. The molecule has 3 aliphatic heterocycles. The van der Waals surface area contributed by atoms with E-state index in [4.69, 9.17) is 33.7 Å². The Morgan fingerprint density at radius 1 is 0.890 bits per heavy atom. The topological polar surface area (TPSA) is 175 Å². The average Bonchev–Trinajstić information content (AvgIpc) is 4.11. The minimum absolute atomic E-state index is 0.0123. The van der Waals surface area contributed by atoms with Gasteiger partial charge in [-0.25, -0.2) is 0 Å². The van der Waals surface area contributed by atoms with Crippen molar-refractivity contribution < 1.29 is 48.5 Å². The number of oxime groups is 1. The molecule has 3 heterocycles. The lowest BCUT2D eigenvalue weighted by Gasteiger charge is -2.60. The van der Waals surface area contributed by atoms with E-state index in [9.17, 15) is 20.3 Å². The summed E-state index contributed by atoms with van der Waals surface area (Å²) in [7, 11) is 0. The van der Waals surface area contributed by atoms with Gasteiger partial charge in [0.25, 0.3) is 5.69 Å². The number of ether oxygens (including phenoxy) is 5. The molecular weight excluding hydrogens is 929 g/mol. The van der Waals surface area contributed by atoms with E-state index in [1.165, 1.54) is 44.2 Å². The predicted octanol–water partition coefficient (Wildman–Crippen LogP) is 10.8. The van der Waals surface area contributed by atoms with Crippen molar-refractivity contribution >= 4 is 17.3 Å². The average molecular weight is 1010 g/mol.